The first-order valence-electron chi connectivity index (χ1n) is 5.56. The standard InChI is InChI=1S/C11H17ClN4/c1-15-5-3-4-9(15)7-16(2)11-6-10(12)13-8-14-11/h6,8-9H,3-5,7H2,1-2H3. The molecule has 0 aliphatic carbocycles. The molecule has 1 aliphatic rings. The van der Waals surface area contributed by atoms with Gasteiger partial charge in [0.15, 0.2) is 0 Å². The van der Waals surface area contributed by atoms with Crippen molar-refractivity contribution in [3.63, 3.8) is 0 Å². The zero-order valence-corrected chi connectivity index (χ0v) is 10.5. The van der Waals surface area contributed by atoms with E-state index in [0.717, 1.165) is 12.4 Å². The Hall–Kier alpha value is -0.870. The summed E-state index contributed by atoms with van der Waals surface area (Å²) in [7, 11) is 4.23. The maximum Gasteiger partial charge on any atom is 0.134 e. The van der Waals surface area contributed by atoms with Crippen molar-refractivity contribution in [1.82, 2.24) is 14.9 Å². The number of halogens is 1. The topological polar surface area (TPSA) is 32.3 Å². The van der Waals surface area contributed by atoms with E-state index in [0.29, 0.717) is 11.2 Å². The van der Waals surface area contributed by atoms with Gasteiger partial charge in [-0.1, -0.05) is 11.6 Å². The number of likely N-dealkylation sites (N-methyl/N-ethyl adjacent to an activating group) is 2. The van der Waals surface area contributed by atoms with Crippen LogP contribution in [0.5, 0.6) is 0 Å². The first-order valence-corrected chi connectivity index (χ1v) is 5.93. The third-order valence-electron chi connectivity index (χ3n) is 3.17. The lowest BCUT2D eigenvalue weighted by atomic mass is 10.2. The van der Waals surface area contributed by atoms with E-state index in [1.807, 2.05) is 7.05 Å². The van der Waals surface area contributed by atoms with Gasteiger partial charge < -0.3 is 9.80 Å². The van der Waals surface area contributed by atoms with Crippen molar-refractivity contribution in [2.45, 2.75) is 18.9 Å². The summed E-state index contributed by atoms with van der Waals surface area (Å²) >= 11 is 5.85. The predicted octanol–water partition coefficient (Wildman–Crippen LogP) is 1.66. The van der Waals surface area contributed by atoms with Crippen LogP contribution in [0.3, 0.4) is 0 Å². The molecule has 1 aromatic heterocycles. The van der Waals surface area contributed by atoms with Gasteiger partial charge in [-0.3, -0.25) is 0 Å². The fourth-order valence-electron chi connectivity index (χ4n) is 2.15. The Balaban J connectivity index is 1.99. The SMILES string of the molecule is CN(CC1CCCN1C)c1cc(Cl)ncn1. The minimum absolute atomic E-state index is 0.497. The van der Waals surface area contributed by atoms with E-state index in [2.05, 4.69) is 26.8 Å². The van der Waals surface area contributed by atoms with Gasteiger partial charge in [-0.15, -0.1) is 0 Å². The average Bonchev–Trinajstić information content (AvgIpc) is 2.64. The van der Waals surface area contributed by atoms with Gasteiger partial charge in [0.25, 0.3) is 0 Å². The molecule has 1 aromatic rings. The van der Waals surface area contributed by atoms with E-state index in [1.54, 1.807) is 6.07 Å². The van der Waals surface area contributed by atoms with Crippen molar-refractivity contribution in [2.24, 2.45) is 0 Å². The summed E-state index contributed by atoms with van der Waals surface area (Å²) in [5.41, 5.74) is 0. The second-order valence-corrected chi connectivity index (χ2v) is 4.74. The van der Waals surface area contributed by atoms with E-state index in [9.17, 15) is 0 Å². The molecule has 88 valence electrons. The van der Waals surface area contributed by atoms with E-state index < -0.39 is 0 Å². The van der Waals surface area contributed by atoms with Gasteiger partial charge in [0.1, 0.15) is 17.3 Å². The molecule has 1 aliphatic heterocycles. The number of hydrogen-bond donors (Lipinski definition) is 0. The average molecular weight is 241 g/mol. The lowest BCUT2D eigenvalue weighted by Crippen LogP contribution is -2.36. The van der Waals surface area contributed by atoms with Crippen LogP contribution in [-0.4, -0.2) is 48.1 Å². The highest BCUT2D eigenvalue weighted by atomic mass is 35.5. The van der Waals surface area contributed by atoms with Gasteiger partial charge in [0.2, 0.25) is 0 Å². The summed E-state index contributed by atoms with van der Waals surface area (Å²) < 4.78 is 0. The Labute approximate surface area is 101 Å². The van der Waals surface area contributed by atoms with Crippen molar-refractivity contribution in [1.29, 1.82) is 0 Å². The normalized spacial score (nSPS) is 21.3. The maximum atomic E-state index is 5.85. The molecular weight excluding hydrogens is 224 g/mol. The minimum atomic E-state index is 0.497. The quantitative estimate of drug-likeness (QED) is 0.753. The third-order valence-corrected chi connectivity index (χ3v) is 3.37. The maximum absolute atomic E-state index is 5.85. The van der Waals surface area contributed by atoms with E-state index in [-0.39, 0.29) is 0 Å². The van der Waals surface area contributed by atoms with Crippen LogP contribution in [0, 0.1) is 0 Å². The molecule has 1 saturated heterocycles. The number of aromatic nitrogens is 2. The molecule has 4 nitrogen and oxygen atoms in total. The molecule has 1 atom stereocenters. The molecule has 16 heavy (non-hydrogen) atoms. The molecule has 2 rings (SSSR count). The number of anilines is 1. The van der Waals surface area contributed by atoms with Crippen LogP contribution >= 0.6 is 11.6 Å². The molecule has 1 unspecified atom stereocenters. The van der Waals surface area contributed by atoms with Crippen LogP contribution < -0.4 is 4.90 Å². The highest BCUT2D eigenvalue weighted by Crippen LogP contribution is 2.18. The van der Waals surface area contributed by atoms with E-state index in [4.69, 9.17) is 11.6 Å². The Bertz CT molecular complexity index is 358. The fraction of sp³-hybridized carbons (Fsp3) is 0.636. The van der Waals surface area contributed by atoms with Crippen molar-refractivity contribution in [3.8, 4) is 0 Å². The first kappa shape index (κ1) is 11.6. The van der Waals surface area contributed by atoms with Crippen LogP contribution in [0.15, 0.2) is 12.4 Å². The molecule has 1 fully saturated rings. The molecule has 0 bridgehead atoms. The van der Waals surface area contributed by atoms with Crippen molar-refractivity contribution in [2.75, 3.05) is 32.1 Å². The fourth-order valence-corrected chi connectivity index (χ4v) is 2.29. The summed E-state index contributed by atoms with van der Waals surface area (Å²) in [6.45, 7) is 2.19. The lowest BCUT2D eigenvalue weighted by Gasteiger charge is -2.26. The highest BCUT2D eigenvalue weighted by Gasteiger charge is 2.22. The second-order valence-electron chi connectivity index (χ2n) is 4.36. The van der Waals surface area contributed by atoms with Gasteiger partial charge in [0.05, 0.1) is 0 Å². The third kappa shape index (κ3) is 2.62. The second kappa shape index (κ2) is 4.97. The number of likely N-dealkylation sites (tertiary alicyclic amines) is 1. The lowest BCUT2D eigenvalue weighted by molar-refractivity contribution is 0.314. The van der Waals surface area contributed by atoms with Gasteiger partial charge in [-0.2, -0.15) is 0 Å². The molecule has 0 saturated carbocycles. The van der Waals surface area contributed by atoms with Crippen molar-refractivity contribution < 1.29 is 0 Å². The molecular formula is C11H17ClN4. The Morgan fingerprint density at radius 2 is 2.38 bits per heavy atom. The molecule has 0 spiro atoms. The molecule has 5 heteroatoms. The van der Waals surface area contributed by atoms with Gasteiger partial charge in [0, 0.05) is 25.7 Å². The minimum Gasteiger partial charge on any atom is -0.358 e. The van der Waals surface area contributed by atoms with Crippen molar-refractivity contribution >= 4 is 17.4 Å². The Morgan fingerprint density at radius 1 is 1.56 bits per heavy atom. The molecule has 0 N–H and O–H groups in total. The number of rotatable bonds is 3. The van der Waals surface area contributed by atoms with Crippen molar-refractivity contribution in [3.05, 3.63) is 17.5 Å². The van der Waals surface area contributed by atoms with Crippen LogP contribution in [0.2, 0.25) is 5.15 Å². The van der Waals surface area contributed by atoms with Gasteiger partial charge >= 0.3 is 0 Å². The number of hydrogen-bond acceptors (Lipinski definition) is 4. The summed E-state index contributed by atoms with van der Waals surface area (Å²) in [6, 6.07) is 2.43. The summed E-state index contributed by atoms with van der Waals surface area (Å²) in [5.74, 6) is 0.889. The molecule has 0 radical (unpaired) electrons. The van der Waals surface area contributed by atoms with E-state index in [1.165, 1.54) is 25.7 Å². The van der Waals surface area contributed by atoms with Crippen LogP contribution in [0.25, 0.3) is 0 Å². The summed E-state index contributed by atoms with van der Waals surface area (Å²) in [5, 5.41) is 0.497. The molecule has 0 aromatic carbocycles. The molecule has 2 heterocycles. The Morgan fingerprint density at radius 3 is 3.00 bits per heavy atom. The summed E-state index contributed by atoms with van der Waals surface area (Å²) in [6.07, 6.45) is 4.06. The monoisotopic (exact) mass is 240 g/mol. The van der Waals surface area contributed by atoms with Crippen LogP contribution in [0.1, 0.15) is 12.8 Å². The predicted molar refractivity (Wildman–Crippen MR) is 66.0 cm³/mol. The smallest absolute Gasteiger partial charge is 0.134 e. The first-order chi connectivity index (χ1) is 7.66. The summed E-state index contributed by atoms with van der Waals surface area (Å²) in [4.78, 5) is 12.6. The molecule has 0 amide bonds. The zero-order valence-electron chi connectivity index (χ0n) is 9.73. The highest BCUT2D eigenvalue weighted by molar-refractivity contribution is 6.29. The van der Waals surface area contributed by atoms with E-state index >= 15 is 0 Å². The van der Waals surface area contributed by atoms with Gasteiger partial charge in [-0.25, -0.2) is 9.97 Å². The van der Waals surface area contributed by atoms with Crippen LogP contribution in [0.4, 0.5) is 5.82 Å². The van der Waals surface area contributed by atoms with Gasteiger partial charge in [-0.05, 0) is 26.4 Å². The number of nitrogens with zero attached hydrogens (tertiary/aromatic N) is 4. The largest absolute Gasteiger partial charge is 0.358 e. The van der Waals surface area contributed by atoms with Crippen LogP contribution in [-0.2, 0) is 0 Å². The Kier molecular flexibility index (Phi) is 3.61. The zero-order chi connectivity index (χ0) is 11.5.